The van der Waals surface area contributed by atoms with Crippen LogP contribution in [-0.2, 0) is 0 Å². The van der Waals surface area contributed by atoms with Crippen molar-refractivity contribution in [1.82, 2.24) is 0 Å². The average Bonchev–Trinajstić information content (AvgIpc) is 2.57. The maximum Gasteiger partial charge on any atom is 0.0431 e. The first kappa shape index (κ1) is 23.0. The molecule has 0 spiro atoms. The zero-order valence-electron chi connectivity index (χ0n) is 16.3. The minimum Gasteiger partial charge on any atom is -0.396 e. The number of hydrogen-bond donors (Lipinski definition) is 1. The van der Waals surface area contributed by atoms with Crippen molar-refractivity contribution in [3.8, 4) is 0 Å². The van der Waals surface area contributed by atoms with Crippen molar-refractivity contribution in [1.29, 1.82) is 0 Å². The summed E-state index contributed by atoms with van der Waals surface area (Å²) in [5, 5.41) is 8.71. The Labute approximate surface area is 147 Å². The summed E-state index contributed by atoms with van der Waals surface area (Å²) in [4.78, 5) is 0. The Kier molecular flexibility index (Phi) is 21.9. The molecular weight excluding hydrogens is 280 g/mol. The zero-order valence-corrected chi connectivity index (χ0v) is 16.3. The molecule has 0 unspecified atom stereocenters. The van der Waals surface area contributed by atoms with E-state index in [1.165, 1.54) is 122 Å². The Morgan fingerprint density at radius 1 is 0.348 bits per heavy atom. The molecule has 0 aromatic heterocycles. The zero-order chi connectivity index (χ0) is 16.8. The molecule has 0 aliphatic carbocycles. The fourth-order valence-electron chi connectivity index (χ4n) is 3.37. The quantitative estimate of drug-likeness (QED) is 0.226. The van der Waals surface area contributed by atoms with Gasteiger partial charge in [0.15, 0.2) is 0 Å². The fraction of sp³-hybridized carbons (Fsp3) is 1.00. The number of aliphatic hydroxyl groups is 1. The highest BCUT2D eigenvalue weighted by Gasteiger charge is 1.95. The van der Waals surface area contributed by atoms with Gasteiger partial charge in [-0.15, -0.1) is 0 Å². The number of aliphatic hydroxyl groups excluding tert-OH is 1. The Hall–Kier alpha value is -0.0400. The molecular formula is C22H46O. The van der Waals surface area contributed by atoms with Gasteiger partial charge < -0.3 is 5.11 Å². The monoisotopic (exact) mass is 326 g/mol. The molecule has 0 saturated carbocycles. The third kappa shape index (κ3) is 22.0. The van der Waals surface area contributed by atoms with E-state index in [9.17, 15) is 0 Å². The van der Waals surface area contributed by atoms with Crippen LogP contribution in [0.3, 0.4) is 0 Å². The first-order valence-electron chi connectivity index (χ1n) is 11.0. The van der Waals surface area contributed by atoms with E-state index < -0.39 is 0 Å². The summed E-state index contributed by atoms with van der Waals surface area (Å²) in [6, 6.07) is 0. The summed E-state index contributed by atoms with van der Waals surface area (Å²) >= 11 is 0. The molecule has 0 aliphatic rings. The molecule has 1 heteroatoms. The van der Waals surface area contributed by atoms with E-state index in [2.05, 4.69) is 6.92 Å². The molecule has 0 rings (SSSR count). The van der Waals surface area contributed by atoms with Crippen molar-refractivity contribution in [2.75, 3.05) is 6.61 Å². The summed E-state index contributed by atoms with van der Waals surface area (Å²) in [6.45, 7) is 2.67. The molecule has 1 N–H and O–H groups in total. The van der Waals surface area contributed by atoms with Crippen molar-refractivity contribution in [2.24, 2.45) is 0 Å². The minimum atomic E-state index is 0.374. The van der Waals surface area contributed by atoms with Gasteiger partial charge in [0.2, 0.25) is 0 Å². The summed E-state index contributed by atoms with van der Waals surface area (Å²) < 4.78 is 0. The second kappa shape index (κ2) is 22.0. The van der Waals surface area contributed by atoms with Crippen LogP contribution in [0.1, 0.15) is 135 Å². The maximum absolute atomic E-state index is 8.71. The molecule has 0 saturated heterocycles. The third-order valence-corrected chi connectivity index (χ3v) is 5.01. The summed E-state index contributed by atoms with van der Waals surface area (Å²) in [7, 11) is 0. The third-order valence-electron chi connectivity index (χ3n) is 5.01. The molecule has 0 bridgehead atoms. The van der Waals surface area contributed by atoms with Gasteiger partial charge in [0.1, 0.15) is 0 Å². The van der Waals surface area contributed by atoms with Gasteiger partial charge in [-0.05, 0) is 6.42 Å². The lowest BCUT2D eigenvalue weighted by Gasteiger charge is -2.03. The summed E-state index contributed by atoms with van der Waals surface area (Å²) in [5.74, 6) is 0. The molecule has 0 heterocycles. The van der Waals surface area contributed by atoms with Crippen LogP contribution in [0.15, 0.2) is 0 Å². The smallest absolute Gasteiger partial charge is 0.0431 e. The van der Waals surface area contributed by atoms with Gasteiger partial charge in [0.05, 0.1) is 0 Å². The van der Waals surface area contributed by atoms with Gasteiger partial charge in [0, 0.05) is 6.61 Å². The fourth-order valence-corrected chi connectivity index (χ4v) is 3.37. The van der Waals surface area contributed by atoms with Crippen LogP contribution < -0.4 is 0 Å². The highest BCUT2D eigenvalue weighted by Crippen LogP contribution is 2.14. The molecule has 1 nitrogen and oxygen atoms in total. The highest BCUT2D eigenvalue weighted by atomic mass is 16.2. The molecule has 23 heavy (non-hydrogen) atoms. The minimum absolute atomic E-state index is 0.374. The second-order valence-corrected chi connectivity index (χ2v) is 7.44. The van der Waals surface area contributed by atoms with Crippen molar-refractivity contribution in [3.05, 3.63) is 0 Å². The molecule has 0 aromatic rings. The summed E-state index contributed by atoms with van der Waals surface area (Å²) in [5.41, 5.74) is 0. The Balaban J connectivity index is 2.92. The average molecular weight is 327 g/mol. The Morgan fingerprint density at radius 3 is 0.783 bits per heavy atom. The Bertz CT molecular complexity index is 170. The number of unbranched alkanes of at least 4 members (excludes halogenated alkanes) is 19. The topological polar surface area (TPSA) is 20.2 Å². The first-order valence-corrected chi connectivity index (χ1v) is 11.0. The lowest BCUT2D eigenvalue weighted by Crippen LogP contribution is -1.85. The highest BCUT2D eigenvalue weighted by molar-refractivity contribution is 4.50. The van der Waals surface area contributed by atoms with Crippen molar-refractivity contribution < 1.29 is 5.11 Å². The van der Waals surface area contributed by atoms with Gasteiger partial charge in [0.25, 0.3) is 0 Å². The SMILES string of the molecule is CCCCCCCCCCCCCCCCCCCCCCO. The lowest BCUT2D eigenvalue weighted by molar-refractivity contribution is 0.282. The van der Waals surface area contributed by atoms with E-state index in [4.69, 9.17) is 5.11 Å². The maximum atomic E-state index is 8.71. The van der Waals surface area contributed by atoms with Gasteiger partial charge in [-0.1, -0.05) is 129 Å². The van der Waals surface area contributed by atoms with E-state index in [0.29, 0.717) is 6.61 Å². The summed E-state index contributed by atoms with van der Waals surface area (Å²) in [6.07, 6.45) is 28.1. The largest absolute Gasteiger partial charge is 0.396 e. The first-order chi connectivity index (χ1) is 11.4. The van der Waals surface area contributed by atoms with Gasteiger partial charge >= 0.3 is 0 Å². The normalized spacial score (nSPS) is 11.2. The van der Waals surface area contributed by atoms with Crippen LogP contribution in [-0.4, -0.2) is 11.7 Å². The van der Waals surface area contributed by atoms with Crippen molar-refractivity contribution >= 4 is 0 Å². The second-order valence-electron chi connectivity index (χ2n) is 7.44. The van der Waals surface area contributed by atoms with E-state index in [1.807, 2.05) is 0 Å². The van der Waals surface area contributed by atoms with E-state index in [1.54, 1.807) is 0 Å². The number of rotatable bonds is 20. The van der Waals surface area contributed by atoms with Gasteiger partial charge in [-0.2, -0.15) is 0 Å². The molecule has 0 aliphatic heterocycles. The molecule has 0 amide bonds. The van der Waals surface area contributed by atoms with Crippen molar-refractivity contribution in [3.63, 3.8) is 0 Å². The molecule has 140 valence electrons. The van der Waals surface area contributed by atoms with Crippen LogP contribution >= 0.6 is 0 Å². The standard InChI is InChI=1S/C22H46O/c1-2-3-4-5-6-7-8-9-10-11-12-13-14-15-16-17-18-19-20-21-22-23/h23H,2-22H2,1H3. The molecule has 0 atom stereocenters. The lowest BCUT2D eigenvalue weighted by atomic mass is 10.0. The van der Waals surface area contributed by atoms with Crippen LogP contribution in [0.4, 0.5) is 0 Å². The van der Waals surface area contributed by atoms with E-state index in [-0.39, 0.29) is 0 Å². The molecule has 0 aromatic carbocycles. The Morgan fingerprint density at radius 2 is 0.565 bits per heavy atom. The van der Waals surface area contributed by atoms with E-state index >= 15 is 0 Å². The van der Waals surface area contributed by atoms with Crippen LogP contribution in [0.25, 0.3) is 0 Å². The van der Waals surface area contributed by atoms with Crippen LogP contribution in [0.2, 0.25) is 0 Å². The predicted octanol–water partition coefficient (Wildman–Crippen LogP) is 7.80. The van der Waals surface area contributed by atoms with Gasteiger partial charge in [-0.25, -0.2) is 0 Å². The van der Waals surface area contributed by atoms with Crippen LogP contribution in [0, 0.1) is 0 Å². The van der Waals surface area contributed by atoms with E-state index in [0.717, 1.165) is 6.42 Å². The molecule has 0 fully saturated rings. The molecule has 0 radical (unpaired) electrons. The van der Waals surface area contributed by atoms with Crippen LogP contribution in [0.5, 0.6) is 0 Å². The van der Waals surface area contributed by atoms with Crippen molar-refractivity contribution in [2.45, 2.75) is 135 Å². The number of hydrogen-bond acceptors (Lipinski definition) is 1. The predicted molar refractivity (Wildman–Crippen MR) is 105 cm³/mol. The van der Waals surface area contributed by atoms with Gasteiger partial charge in [-0.3, -0.25) is 0 Å².